The molecule has 0 spiro atoms. The molecule has 0 saturated carbocycles. The number of nitrogens with zero attached hydrogens (tertiary/aromatic N) is 1. The van der Waals surface area contributed by atoms with Crippen molar-refractivity contribution in [2.45, 2.75) is 0 Å². The molecular formula is C9H8Cl2N2O2. The number of halogens is 2. The second-order valence-corrected chi connectivity index (χ2v) is 3.31. The molecule has 4 nitrogen and oxygen atoms in total. The zero-order valence-electron chi connectivity index (χ0n) is 7.83. The Morgan fingerprint density at radius 2 is 2.00 bits per heavy atom. The molecule has 0 saturated heterocycles. The van der Waals surface area contributed by atoms with E-state index in [9.17, 15) is 4.79 Å². The topological polar surface area (TPSA) is 50.7 Å². The second kappa shape index (κ2) is 5.58. The summed E-state index contributed by atoms with van der Waals surface area (Å²) in [4.78, 5) is 10.8. The van der Waals surface area contributed by atoms with E-state index in [4.69, 9.17) is 23.2 Å². The van der Waals surface area contributed by atoms with E-state index in [2.05, 4.69) is 15.3 Å². The van der Waals surface area contributed by atoms with Crippen molar-refractivity contribution in [1.82, 2.24) is 0 Å². The van der Waals surface area contributed by atoms with Crippen LogP contribution in [-0.4, -0.2) is 18.2 Å². The first-order valence-electron chi connectivity index (χ1n) is 3.96. The van der Waals surface area contributed by atoms with Gasteiger partial charge in [0.2, 0.25) is 5.17 Å². The van der Waals surface area contributed by atoms with Crippen LogP contribution in [0, 0.1) is 0 Å². The molecule has 1 rings (SSSR count). The number of esters is 1. The van der Waals surface area contributed by atoms with Crippen molar-refractivity contribution in [2.24, 2.45) is 5.10 Å². The third-order valence-corrected chi connectivity index (χ3v) is 1.97. The predicted octanol–water partition coefficient (Wildman–Crippen LogP) is 2.48. The highest BCUT2D eigenvalue weighted by Crippen LogP contribution is 2.13. The second-order valence-electron chi connectivity index (χ2n) is 2.51. The SMILES string of the molecule is COC(=O)/C(Cl)=N/Nc1ccc(Cl)cc1. The average molecular weight is 247 g/mol. The lowest BCUT2D eigenvalue weighted by Gasteiger charge is -2.00. The van der Waals surface area contributed by atoms with Gasteiger partial charge in [0, 0.05) is 5.02 Å². The predicted molar refractivity (Wildman–Crippen MR) is 60.4 cm³/mol. The van der Waals surface area contributed by atoms with Gasteiger partial charge in [0.15, 0.2) is 0 Å². The number of nitrogens with one attached hydrogen (secondary N) is 1. The fourth-order valence-electron chi connectivity index (χ4n) is 0.768. The van der Waals surface area contributed by atoms with E-state index in [0.717, 1.165) is 0 Å². The van der Waals surface area contributed by atoms with E-state index >= 15 is 0 Å². The Kier molecular flexibility index (Phi) is 4.39. The maximum Gasteiger partial charge on any atom is 0.370 e. The Labute approximate surface area is 96.8 Å². The minimum Gasteiger partial charge on any atom is -0.464 e. The van der Waals surface area contributed by atoms with E-state index in [1.807, 2.05) is 0 Å². The van der Waals surface area contributed by atoms with Crippen LogP contribution in [0.1, 0.15) is 0 Å². The zero-order chi connectivity index (χ0) is 11.3. The fraction of sp³-hybridized carbons (Fsp3) is 0.111. The van der Waals surface area contributed by atoms with E-state index in [0.29, 0.717) is 10.7 Å². The number of benzene rings is 1. The molecule has 0 aliphatic heterocycles. The van der Waals surface area contributed by atoms with Gasteiger partial charge < -0.3 is 4.74 Å². The minimum absolute atomic E-state index is 0.271. The van der Waals surface area contributed by atoms with Gasteiger partial charge in [0.1, 0.15) is 0 Å². The van der Waals surface area contributed by atoms with Gasteiger partial charge in [0.25, 0.3) is 0 Å². The largest absolute Gasteiger partial charge is 0.464 e. The number of carbonyl (C=O) groups is 1. The molecule has 0 aromatic heterocycles. The maximum absolute atomic E-state index is 10.8. The molecule has 6 heteroatoms. The van der Waals surface area contributed by atoms with Crippen molar-refractivity contribution in [1.29, 1.82) is 0 Å². The average Bonchev–Trinajstić information content (AvgIpc) is 2.26. The summed E-state index contributed by atoms with van der Waals surface area (Å²) in [6.07, 6.45) is 0. The summed E-state index contributed by atoms with van der Waals surface area (Å²) in [5.74, 6) is -0.696. The number of carbonyl (C=O) groups excluding carboxylic acids is 1. The van der Waals surface area contributed by atoms with Gasteiger partial charge in [-0.3, -0.25) is 5.43 Å². The molecular weight excluding hydrogens is 239 g/mol. The quantitative estimate of drug-likeness (QED) is 0.507. The summed E-state index contributed by atoms with van der Waals surface area (Å²) in [6, 6.07) is 6.78. The molecule has 1 N–H and O–H groups in total. The summed E-state index contributed by atoms with van der Waals surface area (Å²) in [5, 5.41) is 3.95. The Bertz CT molecular complexity index is 376. The van der Waals surface area contributed by atoms with E-state index < -0.39 is 5.97 Å². The molecule has 0 unspecified atom stereocenters. The molecule has 0 amide bonds. The fourth-order valence-corrected chi connectivity index (χ4v) is 1.01. The van der Waals surface area contributed by atoms with Crippen molar-refractivity contribution in [3.63, 3.8) is 0 Å². The van der Waals surface area contributed by atoms with Crippen molar-refractivity contribution < 1.29 is 9.53 Å². The van der Waals surface area contributed by atoms with Crippen LogP contribution in [0.3, 0.4) is 0 Å². The van der Waals surface area contributed by atoms with Crippen molar-refractivity contribution in [3.8, 4) is 0 Å². The lowest BCUT2D eigenvalue weighted by molar-refractivity contribution is -0.132. The standard InChI is InChI=1S/C9H8Cl2N2O2/c1-15-9(14)8(11)13-12-7-4-2-6(10)3-5-7/h2-5,12H,1H3/b13-8-. The van der Waals surface area contributed by atoms with Crippen LogP contribution in [0.4, 0.5) is 5.69 Å². The van der Waals surface area contributed by atoms with Gasteiger partial charge in [-0.2, -0.15) is 5.10 Å². The number of ether oxygens (including phenoxy) is 1. The zero-order valence-corrected chi connectivity index (χ0v) is 9.34. The highest BCUT2D eigenvalue weighted by molar-refractivity contribution is 6.82. The first-order valence-corrected chi connectivity index (χ1v) is 4.72. The summed E-state index contributed by atoms with van der Waals surface area (Å²) in [5.41, 5.74) is 3.25. The molecule has 1 aromatic carbocycles. The molecule has 15 heavy (non-hydrogen) atoms. The number of methoxy groups -OCH3 is 1. The monoisotopic (exact) mass is 246 g/mol. The van der Waals surface area contributed by atoms with Gasteiger partial charge in [-0.1, -0.05) is 23.2 Å². The Morgan fingerprint density at radius 1 is 1.40 bits per heavy atom. The van der Waals surface area contributed by atoms with Crippen molar-refractivity contribution in [3.05, 3.63) is 29.3 Å². The lowest BCUT2D eigenvalue weighted by atomic mass is 10.3. The maximum atomic E-state index is 10.8. The molecule has 0 heterocycles. The number of hydrazone groups is 1. The van der Waals surface area contributed by atoms with Gasteiger partial charge in [-0.15, -0.1) is 0 Å². The van der Waals surface area contributed by atoms with E-state index in [-0.39, 0.29) is 5.17 Å². The lowest BCUT2D eigenvalue weighted by Crippen LogP contribution is -2.11. The van der Waals surface area contributed by atoms with Crippen LogP contribution in [0.15, 0.2) is 29.4 Å². The first kappa shape index (κ1) is 11.8. The molecule has 0 fully saturated rings. The van der Waals surface area contributed by atoms with Crippen LogP contribution in [-0.2, 0) is 9.53 Å². The normalized spacial score (nSPS) is 11.0. The van der Waals surface area contributed by atoms with E-state index in [1.165, 1.54) is 7.11 Å². The van der Waals surface area contributed by atoms with Gasteiger partial charge in [0.05, 0.1) is 12.8 Å². The third kappa shape index (κ3) is 3.77. The van der Waals surface area contributed by atoms with Crippen LogP contribution < -0.4 is 5.43 Å². The van der Waals surface area contributed by atoms with E-state index in [1.54, 1.807) is 24.3 Å². The molecule has 0 aliphatic carbocycles. The van der Waals surface area contributed by atoms with Gasteiger partial charge in [-0.05, 0) is 24.3 Å². The first-order chi connectivity index (χ1) is 7.13. The number of hydrogen-bond donors (Lipinski definition) is 1. The Morgan fingerprint density at radius 3 is 2.53 bits per heavy atom. The van der Waals surface area contributed by atoms with Crippen molar-refractivity contribution >= 4 is 40.0 Å². The molecule has 0 bridgehead atoms. The third-order valence-electron chi connectivity index (χ3n) is 1.48. The van der Waals surface area contributed by atoms with Crippen LogP contribution >= 0.6 is 23.2 Å². The minimum atomic E-state index is -0.696. The molecule has 80 valence electrons. The number of hydrogen-bond acceptors (Lipinski definition) is 4. The van der Waals surface area contributed by atoms with Crippen molar-refractivity contribution in [2.75, 3.05) is 12.5 Å². The molecule has 1 aromatic rings. The summed E-state index contributed by atoms with van der Waals surface area (Å²) in [7, 11) is 1.22. The molecule has 0 aliphatic rings. The molecule has 0 radical (unpaired) electrons. The van der Waals surface area contributed by atoms with Crippen LogP contribution in [0.2, 0.25) is 5.02 Å². The van der Waals surface area contributed by atoms with Crippen LogP contribution in [0.5, 0.6) is 0 Å². The number of rotatable bonds is 3. The van der Waals surface area contributed by atoms with Gasteiger partial charge >= 0.3 is 5.97 Å². The summed E-state index contributed by atoms with van der Waals surface area (Å²) >= 11 is 11.2. The highest BCUT2D eigenvalue weighted by Gasteiger charge is 2.06. The molecule has 0 atom stereocenters. The summed E-state index contributed by atoms with van der Waals surface area (Å²) in [6.45, 7) is 0. The highest BCUT2D eigenvalue weighted by atomic mass is 35.5. The Balaban J connectivity index is 2.63. The smallest absolute Gasteiger partial charge is 0.370 e. The van der Waals surface area contributed by atoms with Crippen LogP contribution in [0.25, 0.3) is 0 Å². The Hall–Kier alpha value is -1.26. The van der Waals surface area contributed by atoms with Gasteiger partial charge in [-0.25, -0.2) is 4.79 Å². The number of anilines is 1. The summed E-state index contributed by atoms with van der Waals surface area (Å²) < 4.78 is 4.36.